The van der Waals surface area contributed by atoms with Crippen molar-refractivity contribution in [1.29, 1.82) is 0 Å². The van der Waals surface area contributed by atoms with Crippen molar-refractivity contribution in [1.82, 2.24) is 5.32 Å². The summed E-state index contributed by atoms with van der Waals surface area (Å²) in [6, 6.07) is 18.7. The summed E-state index contributed by atoms with van der Waals surface area (Å²) in [7, 11) is 0. The van der Waals surface area contributed by atoms with E-state index >= 15 is 0 Å². The van der Waals surface area contributed by atoms with Crippen LogP contribution in [0.1, 0.15) is 29.8 Å². The Labute approximate surface area is 185 Å². The lowest BCUT2D eigenvalue weighted by Crippen LogP contribution is -2.37. The first-order valence-corrected chi connectivity index (χ1v) is 10.1. The van der Waals surface area contributed by atoms with Gasteiger partial charge in [0, 0.05) is 12.0 Å². The third-order valence-electron chi connectivity index (χ3n) is 4.93. The summed E-state index contributed by atoms with van der Waals surface area (Å²) in [5.74, 6) is -1.67. The molecule has 0 fully saturated rings. The minimum Gasteiger partial charge on any atom is -0.483 e. The molecule has 3 aromatic carbocycles. The fraction of sp³-hybridized carbons (Fsp3) is 0.200. The van der Waals surface area contributed by atoms with Gasteiger partial charge in [-0.05, 0) is 35.9 Å². The standard InChI is InChI=1S/C25H24F2N2O3/c1-25(2,18-10-4-5-11-19(18)26)16-28-24(31)17-9-3-8-14-22(17)32-15-23(30)29-21-13-7-6-12-20(21)27/h3-14H,15-16H2,1-2H3,(H,28,31)(H,29,30). The fourth-order valence-electron chi connectivity index (χ4n) is 3.17. The number of halogens is 2. The minimum absolute atomic E-state index is 0.0440. The predicted octanol–water partition coefficient (Wildman–Crippen LogP) is 4.69. The Balaban J connectivity index is 1.63. The van der Waals surface area contributed by atoms with Crippen LogP contribution < -0.4 is 15.4 Å². The summed E-state index contributed by atoms with van der Waals surface area (Å²) in [4.78, 5) is 24.9. The number of hydrogen-bond acceptors (Lipinski definition) is 3. The molecule has 0 aliphatic carbocycles. The second-order valence-electron chi connectivity index (χ2n) is 7.86. The molecule has 0 saturated carbocycles. The summed E-state index contributed by atoms with van der Waals surface area (Å²) in [6.07, 6.45) is 0. The Kier molecular flexibility index (Phi) is 7.20. The second-order valence-corrected chi connectivity index (χ2v) is 7.86. The van der Waals surface area contributed by atoms with Crippen molar-refractivity contribution in [2.45, 2.75) is 19.3 Å². The maximum absolute atomic E-state index is 14.2. The van der Waals surface area contributed by atoms with Crippen molar-refractivity contribution < 1.29 is 23.1 Å². The van der Waals surface area contributed by atoms with E-state index in [9.17, 15) is 18.4 Å². The first kappa shape index (κ1) is 22.9. The highest BCUT2D eigenvalue weighted by molar-refractivity contribution is 5.97. The highest BCUT2D eigenvalue weighted by Gasteiger charge is 2.25. The van der Waals surface area contributed by atoms with Crippen LogP contribution >= 0.6 is 0 Å². The number of carbonyl (C=O) groups is 2. The van der Waals surface area contributed by atoms with Gasteiger partial charge < -0.3 is 15.4 Å². The molecule has 2 amide bonds. The Morgan fingerprint density at radius 1 is 0.875 bits per heavy atom. The van der Waals surface area contributed by atoms with Gasteiger partial charge in [-0.1, -0.05) is 56.3 Å². The molecule has 0 spiro atoms. The molecule has 0 saturated heterocycles. The first-order valence-electron chi connectivity index (χ1n) is 10.1. The number of carbonyl (C=O) groups excluding carboxylic acids is 2. The molecule has 0 aliphatic rings. The molecule has 166 valence electrons. The van der Waals surface area contributed by atoms with Gasteiger partial charge in [-0.3, -0.25) is 9.59 Å². The zero-order valence-corrected chi connectivity index (χ0v) is 17.8. The van der Waals surface area contributed by atoms with E-state index in [2.05, 4.69) is 10.6 Å². The topological polar surface area (TPSA) is 67.4 Å². The molecule has 0 radical (unpaired) electrons. The van der Waals surface area contributed by atoms with Gasteiger partial charge in [-0.2, -0.15) is 0 Å². The first-order chi connectivity index (χ1) is 15.3. The van der Waals surface area contributed by atoms with Crippen molar-refractivity contribution in [3.05, 3.63) is 95.6 Å². The van der Waals surface area contributed by atoms with Gasteiger partial charge in [0.15, 0.2) is 6.61 Å². The molecule has 0 aliphatic heterocycles. The summed E-state index contributed by atoms with van der Waals surface area (Å²) in [5.41, 5.74) is 0.129. The molecule has 32 heavy (non-hydrogen) atoms. The molecule has 7 heteroatoms. The lowest BCUT2D eigenvalue weighted by atomic mass is 9.84. The molecule has 2 N–H and O–H groups in total. The van der Waals surface area contributed by atoms with E-state index in [1.807, 2.05) is 13.8 Å². The van der Waals surface area contributed by atoms with E-state index in [1.54, 1.807) is 48.5 Å². The summed E-state index contributed by atoms with van der Waals surface area (Å²) < 4.78 is 33.4. The third kappa shape index (κ3) is 5.69. The Hall–Kier alpha value is -3.74. The molecule has 0 bridgehead atoms. The van der Waals surface area contributed by atoms with E-state index < -0.39 is 29.7 Å². The maximum Gasteiger partial charge on any atom is 0.262 e. The SMILES string of the molecule is CC(C)(CNC(=O)c1ccccc1OCC(=O)Nc1ccccc1F)c1ccccc1F. The highest BCUT2D eigenvalue weighted by atomic mass is 19.1. The summed E-state index contributed by atoms with van der Waals surface area (Å²) in [5, 5.41) is 5.23. The average molecular weight is 438 g/mol. The van der Waals surface area contributed by atoms with Crippen LogP contribution in [0.4, 0.5) is 14.5 Å². The lowest BCUT2D eigenvalue weighted by molar-refractivity contribution is -0.118. The summed E-state index contributed by atoms with van der Waals surface area (Å²) in [6.45, 7) is 3.45. The van der Waals surface area contributed by atoms with Crippen molar-refractivity contribution >= 4 is 17.5 Å². The van der Waals surface area contributed by atoms with Crippen LogP contribution in [0, 0.1) is 11.6 Å². The number of nitrogens with one attached hydrogen (secondary N) is 2. The number of amides is 2. The monoisotopic (exact) mass is 438 g/mol. The molecule has 0 heterocycles. The molecular weight excluding hydrogens is 414 g/mol. The van der Waals surface area contributed by atoms with Crippen LogP contribution in [0.25, 0.3) is 0 Å². The van der Waals surface area contributed by atoms with E-state index in [1.165, 1.54) is 24.3 Å². The number of rotatable bonds is 8. The van der Waals surface area contributed by atoms with Crippen molar-refractivity contribution in [2.75, 3.05) is 18.5 Å². The second kappa shape index (κ2) is 10.0. The highest BCUT2D eigenvalue weighted by Crippen LogP contribution is 2.25. The Morgan fingerprint density at radius 2 is 1.50 bits per heavy atom. The molecule has 5 nitrogen and oxygen atoms in total. The maximum atomic E-state index is 14.2. The van der Waals surface area contributed by atoms with Gasteiger partial charge in [0.05, 0.1) is 11.3 Å². The van der Waals surface area contributed by atoms with Crippen molar-refractivity contribution in [2.24, 2.45) is 0 Å². The van der Waals surface area contributed by atoms with Gasteiger partial charge in [-0.25, -0.2) is 8.78 Å². The average Bonchev–Trinajstić information content (AvgIpc) is 2.78. The van der Waals surface area contributed by atoms with Gasteiger partial charge in [-0.15, -0.1) is 0 Å². The van der Waals surface area contributed by atoms with Crippen LogP contribution in [-0.4, -0.2) is 25.0 Å². The summed E-state index contributed by atoms with van der Waals surface area (Å²) >= 11 is 0. The van der Waals surface area contributed by atoms with Gasteiger partial charge >= 0.3 is 0 Å². The minimum atomic E-state index is -0.642. The van der Waals surface area contributed by atoms with Crippen LogP contribution in [0.2, 0.25) is 0 Å². The lowest BCUT2D eigenvalue weighted by Gasteiger charge is -2.26. The zero-order chi connectivity index (χ0) is 23.1. The van der Waals surface area contributed by atoms with Crippen LogP contribution in [0.3, 0.4) is 0 Å². The molecule has 3 rings (SSSR count). The molecule has 0 unspecified atom stereocenters. The Bertz CT molecular complexity index is 1120. The van der Waals surface area contributed by atoms with Gasteiger partial charge in [0.2, 0.25) is 0 Å². The van der Waals surface area contributed by atoms with E-state index in [0.29, 0.717) is 5.56 Å². The smallest absolute Gasteiger partial charge is 0.262 e. The van der Waals surface area contributed by atoms with Crippen LogP contribution in [0.15, 0.2) is 72.8 Å². The van der Waals surface area contributed by atoms with E-state index in [-0.39, 0.29) is 29.4 Å². The van der Waals surface area contributed by atoms with Crippen LogP contribution in [0.5, 0.6) is 5.75 Å². The predicted molar refractivity (Wildman–Crippen MR) is 119 cm³/mol. The van der Waals surface area contributed by atoms with E-state index in [4.69, 9.17) is 4.74 Å². The van der Waals surface area contributed by atoms with E-state index in [0.717, 1.165) is 0 Å². The van der Waals surface area contributed by atoms with Crippen molar-refractivity contribution in [3.63, 3.8) is 0 Å². The van der Waals surface area contributed by atoms with Crippen LogP contribution in [-0.2, 0) is 10.2 Å². The molecule has 0 atom stereocenters. The number of hydrogen-bond donors (Lipinski definition) is 2. The number of para-hydroxylation sites is 2. The normalized spacial score (nSPS) is 11.0. The fourth-order valence-corrected chi connectivity index (χ4v) is 3.17. The third-order valence-corrected chi connectivity index (χ3v) is 4.93. The number of benzene rings is 3. The Morgan fingerprint density at radius 3 is 2.22 bits per heavy atom. The van der Waals surface area contributed by atoms with Gasteiger partial charge in [0.1, 0.15) is 17.4 Å². The van der Waals surface area contributed by atoms with Gasteiger partial charge in [0.25, 0.3) is 11.8 Å². The molecule has 0 aromatic heterocycles. The van der Waals surface area contributed by atoms with Crippen molar-refractivity contribution in [3.8, 4) is 5.75 Å². The zero-order valence-electron chi connectivity index (χ0n) is 17.8. The number of ether oxygens (including phenoxy) is 1. The number of anilines is 1. The quantitative estimate of drug-likeness (QED) is 0.536. The largest absolute Gasteiger partial charge is 0.483 e. The molecular formula is C25H24F2N2O3. The molecule has 3 aromatic rings.